The van der Waals surface area contributed by atoms with Crippen molar-refractivity contribution in [3.05, 3.63) is 53.2 Å². The van der Waals surface area contributed by atoms with E-state index in [-0.39, 0.29) is 5.82 Å². The predicted octanol–water partition coefficient (Wildman–Crippen LogP) is 2.56. The van der Waals surface area contributed by atoms with Crippen LogP contribution in [0.5, 0.6) is 0 Å². The molecule has 0 fully saturated rings. The zero-order valence-electron chi connectivity index (χ0n) is 11.9. The maximum Gasteiger partial charge on any atom is 0.151 e. The molecule has 0 aliphatic carbocycles. The van der Waals surface area contributed by atoms with E-state index in [0.29, 0.717) is 19.6 Å². The van der Waals surface area contributed by atoms with E-state index in [0.717, 1.165) is 23.6 Å². The molecule has 0 aliphatic heterocycles. The first-order valence-corrected chi connectivity index (χ1v) is 6.75. The van der Waals surface area contributed by atoms with Crippen LogP contribution in [0.2, 0.25) is 0 Å². The fourth-order valence-corrected chi connectivity index (χ4v) is 2.04. The lowest BCUT2D eigenvalue weighted by Gasteiger charge is -2.14. The first-order valence-electron chi connectivity index (χ1n) is 6.75. The number of nitrogens with zero attached hydrogens (tertiary/aromatic N) is 2. The average molecular weight is 277 g/mol. The molecule has 0 unspecified atom stereocenters. The third-order valence-corrected chi connectivity index (χ3v) is 2.93. The van der Waals surface area contributed by atoms with Gasteiger partial charge in [-0.2, -0.15) is 0 Å². The fraction of sp³-hybridized carbons (Fsp3) is 0.400. The van der Waals surface area contributed by atoms with Gasteiger partial charge in [0.15, 0.2) is 5.76 Å². The minimum absolute atomic E-state index is 0.205. The van der Waals surface area contributed by atoms with E-state index in [2.05, 4.69) is 15.4 Å². The van der Waals surface area contributed by atoms with Gasteiger partial charge < -0.3 is 9.84 Å². The molecule has 0 bridgehead atoms. The van der Waals surface area contributed by atoms with Crippen molar-refractivity contribution < 1.29 is 8.91 Å². The molecule has 2 rings (SSSR count). The van der Waals surface area contributed by atoms with Crippen LogP contribution in [0.25, 0.3) is 0 Å². The molecular formula is C15H20FN3O. The second-order valence-electron chi connectivity index (χ2n) is 4.87. The average Bonchev–Trinajstić information content (AvgIpc) is 2.83. The highest BCUT2D eigenvalue weighted by atomic mass is 19.1. The van der Waals surface area contributed by atoms with Crippen molar-refractivity contribution in [3.63, 3.8) is 0 Å². The molecule has 4 nitrogen and oxygen atoms in total. The van der Waals surface area contributed by atoms with E-state index < -0.39 is 0 Å². The first-order chi connectivity index (χ1) is 9.67. The Balaban J connectivity index is 1.87. The van der Waals surface area contributed by atoms with E-state index in [4.69, 9.17) is 4.52 Å². The van der Waals surface area contributed by atoms with Gasteiger partial charge in [-0.1, -0.05) is 24.2 Å². The van der Waals surface area contributed by atoms with Crippen LogP contribution < -0.4 is 5.32 Å². The number of aromatic nitrogens is 1. The number of hydrogen-bond donors (Lipinski definition) is 1. The van der Waals surface area contributed by atoms with Gasteiger partial charge >= 0.3 is 0 Å². The molecule has 20 heavy (non-hydrogen) atoms. The third kappa shape index (κ3) is 4.43. The topological polar surface area (TPSA) is 41.3 Å². The number of hydrogen-bond acceptors (Lipinski definition) is 4. The molecule has 5 heteroatoms. The number of benzene rings is 1. The van der Waals surface area contributed by atoms with Crippen LogP contribution in [-0.4, -0.2) is 23.6 Å². The Morgan fingerprint density at radius 2 is 2.15 bits per heavy atom. The molecule has 1 aromatic heterocycles. The minimum Gasteiger partial charge on any atom is -0.360 e. The summed E-state index contributed by atoms with van der Waals surface area (Å²) in [5.41, 5.74) is 1.85. The third-order valence-electron chi connectivity index (χ3n) is 2.93. The SMILES string of the molecule is CCNCc1cc(CN(C)Cc2cccc(F)c2)on1. The zero-order chi connectivity index (χ0) is 14.4. The zero-order valence-corrected chi connectivity index (χ0v) is 11.9. The summed E-state index contributed by atoms with van der Waals surface area (Å²) in [6.45, 7) is 4.99. The molecule has 1 N–H and O–H groups in total. The minimum atomic E-state index is -0.205. The van der Waals surface area contributed by atoms with Crippen molar-refractivity contribution in [2.45, 2.75) is 26.6 Å². The first kappa shape index (κ1) is 14.7. The molecule has 1 heterocycles. The normalized spacial score (nSPS) is 11.2. The summed E-state index contributed by atoms with van der Waals surface area (Å²) in [6.07, 6.45) is 0. The summed E-state index contributed by atoms with van der Waals surface area (Å²) in [5, 5.41) is 7.20. The molecule has 0 aliphatic rings. The number of nitrogens with one attached hydrogen (secondary N) is 1. The molecule has 2 aromatic rings. The van der Waals surface area contributed by atoms with Crippen LogP contribution in [0, 0.1) is 5.82 Å². The Kier molecular flexibility index (Phi) is 5.26. The smallest absolute Gasteiger partial charge is 0.151 e. The Bertz CT molecular complexity index is 541. The molecule has 1 aromatic carbocycles. The fourth-order valence-electron chi connectivity index (χ4n) is 2.04. The lowest BCUT2D eigenvalue weighted by Crippen LogP contribution is -2.17. The maximum absolute atomic E-state index is 13.1. The van der Waals surface area contributed by atoms with Gasteiger partial charge in [-0.25, -0.2) is 4.39 Å². The van der Waals surface area contributed by atoms with Crippen LogP contribution in [0.15, 0.2) is 34.9 Å². The van der Waals surface area contributed by atoms with Gasteiger partial charge in [-0.3, -0.25) is 4.90 Å². The van der Waals surface area contributed by atoms with Crippen molar-refractivity contribution in [2.24, 2.45) is 0 Å². The molecule has 108 valence electrons. The van der Waals surface area contributed by atoms with E-state index in [1.165, 1.54) is 6.07 Å². The van der Waals surface area contributed by atoms with Gasteiger partial charge in [-0.05, 0) is 31.3 Å². The molecule has 0 radical (unpaired) electrons. The Labute approximate surface area is 118 Å². The monoisotopic (exact) mass is 277 g/mol. The molecule has 0 spiro atoms. The molecule has 0 saturated heterocycles. The Hall–Kier alpha value is -1.72. The van der Waals surface area contributed by atoms with Gasteiger partial charge in [0, 0.05) is 19.2 Å². The molecule has 0 amide bonds. The second-order valence-corrected chi connectivity index (χ2v) is 4.87. The van der Waals surface area contributed by atoms with Crippen LogP contribution in [0.4, 0.5) is 4.39 Å². The van der Waals surface area contributed by atoms with Crippen LogP contribution >= 0.6 is 0 Å². The lowest BCUT2D eigenvalue weighted by atomic mass is 10.2. The van der Waals surface area contributed by atoms with E-state index >= 15 is 0 Å². The van der Waals surface area contributed by atoms with Gasteiger partial charge in [0.2, 0.25) is 0 Å². The second kappa shape index (κ2) is 7.17. The highest BCUT2D eigenvalue weighted by Gasteiger charge is 2.08. The Morgan fingerprint density at radius 3 is 2.90 bits per heavy atom. The number of halogens is 1. The van der Waals surface area contributed by atoms with Gasteiger partial charge in [0.1, 0.15) is 5.82 Å². The van der Waals surface area contributed by atoms with Crippen molar-refractivity contribution in [2.75, 3.05) is 13.6 Å². The van der Waals surface area contributed by atoms with Crippen molar-refractivity contribution in [3.8, 4) is 0 Å². The molecule has 0 saturated carbocycles. The lowest BCUT2D eigenvalue weighted by molar-refractivity contribution is 0.265. The summed E-state index contributed by atoms with van der Waals surface area (Å²) in [7, 11) is 1.97. The van der Waals surface area contributed by atoms with Crippen molar-refractivity contribution >= 4 is 0 Å². The van der Waals surface area contributed by atoms with Crippen LogP contribution in [0.3, 0.4) is 0 Å². The quantitative estimate of drug-likeness (QED) is 0.844. The van der Waals surface area contributed by atoms with Gasteiger partial charge in [-0.15, -0.1) is 0 Å². The standard InChI is InChI=1S/C15H20FN3O/c1-3-17-9-14-8-15(20-18-14)11-19(2)10-12-5-4-6-13(16)7-12/h4-8,17H,3,9-11H2,1-2H3. The van der Waals surface area contributed by atoms with E-state index in [1.54, 1.807) is 12.1 Å². The van der Waals surface area contributed by atoms with E-state index in [9.17, 15) is 4.39 Å². The summed E-state index contributed by atoms with van der Waals surface area (Å²) in [4.78, 5) is 2.06. The van der Waals surface area contributed by atoms with Gasteiger partial charge in [0.25, 0.3) is 0 Å². The summed E-state index contributed by atoms with van der Waals surface area (Å²) < 4.78 is 18.4. The Morgan fingerprint density at radius 1 is 1.30 bits per heavy atom. The highest BCUT2D eigenvalue weighted by molar-refractivity contribution is 5.16. The van der Waals surface area contributed by atoms with E-state index in [1.807, 2.05) is 26.1 Å². The van der Waals surface area contributed by atoms with Crippen molar-refractivity contribution in [1.82, 2.24) is 15.4 Å². The van der Waals surface area contributed by atoms with Crippen molar-refractivity contribution in [1.29, 1.82) is 0 Å². The van der Waals surface area contributed by atoms with Crippen LogP contribution in [-0.2, 0) is 19.6 Å². The highest BCUT2D eigenvalue weighted by Crippen LogP contribution is 2.10. The predicted molar refractivity (Wildman–Crippen MR) is 75.5 cm³/mol. The summed E-state index contributed by atoms with van der Waals surface area (Å²) >= 11 is 0. The van der Waals surface area contributed by atoms with Crippen LogP contribution in [0.1, 0.15) is 23.9 Å². The maximum atomic E-state index is 13.1. The summed E-state index contributed by atoms with van der Waals surface area (Å²) in [6, 6.07) is 8.59. The molecule has 0 atom stereocenters. The molecular weight excluding hydrogens is 257 g/mol. The van der Waals surface area contributed by atoms with Gasteiger partial charge in [0.05, 0.1) is 12.2 Å². The number of rotatable bonds is 7. The summed E-state index contributed by atoms with van der Waals surface area (Å²) in [5.74, 6) is 0.611. The largest absolute Gasteiger partial charge is 0.360 e.